The lowest BCUT2D eigenvalue weighted by Crippen LogP contribution is -2.04. The molecule has 0 saturated heterocycles. The highest BCUT2D eigenvalue weighted by atomic mass is 79.9. The highest BCUT2D eigenvalue weighted by molar-refractivity contribution is 9.10. The summed E-state index contributed by atoms with van der Waals surface area (Å²) < 4.78 is 0.806. The maximum atomic E-state index is 11.1. The molecule has 0 aliphatic rings. The second-order valence-corrected chi connectivity index (χ2v) is 5.15. The number of nitrogens with zero attached hydrogens (tertiary/aromatic N) is 2. The van der Waals surface area contributed by atoms with Crippen LogP contribution in [-0.4, -0.2) is 21.0 Å². The molecular formula is C13H10BrN3O4. The lowest BCUT2D eigenvalue weighted by Gasteiger charge is -2.10. The Kier molecular flexibility index (Phi) is 4.18. The average Bonchev–Trinajstić information content (AvgIpc) is 2.42. The number of carbonyl (C=O) groups is 1. The van der Waals surface area contributed by atoms with Crippen LogP contribution in [0.1, 0.15) is 15.9 Å². The fourth-order valence-electron chi connectivity index (χ4n) is 1.66. The zero-order valence-electron chi connectivity index (χ0n) is 10.8. The number of nitrogens with one attached hydrogen (secondary N) is 1. The number of pyridine rings is 1. The Bertz CT molecular complexity index is 733. The molecule has 0 saturated carbocycles. The predicted molar refractivity (Wildman–Crippen MR) is 80.0 cm³/mol. The third kappa shape index (κ3) is 3.34. The maximum absolute atomic E-state index is 11.1. The summed E-state index contributed by atoms with van der Waals surface area (Å²) in [5.74, 6) is -1.28. The number of aryl methyl sites for hydroxylation is 1. The third-order valence-electron chi connectivity index (χ3n) is 2.76. The van der Waals surface area contributed by atoms with Crippen molar-refractivity contribution >= 4 is 39.1 Å². The van der Waals surface area contributed by atoms with Crippen LogP contribution in [0.5, 0.6) is 0 Å². The largest absolute Gasteiger partial charge is 0.478 e. The Balaban J connectivity index is 2.46. The number of anilines is 2. The second-order valence-electron chi connectivity index (χ2n) is 4.24. The third-order valence-corrected chi connectivity index (χ3v) is 3.26. The molecule has 0 unspecified atom stereocenters. The molecular weight excluding hydrogens is 342 g/mol. The summed E-state index contributed by atoms with van der Waals surface area (Å²) in [5.41, 5.74) is 0.882. The summed E-state index contributed by atoms with van der Waals surface area (Å²) in [6.07, 6.45) is 1.07. The van der Waals surface area contributed by atoms with Crippen molar-refractivity contribution in [2.24, 2.45) is 0 Å². The molecule has 0 aliphatic heterocycles. The van der Waals surface area contributed by atoms with Crippen molar-refractivity contribution in [3.63, 3.8) is 0 Å². The van der Waals surface area contributed by atoms with Crippen LogP contribution in [0.25, 0.3) is 0 Å². The van der Waals surface area contributed by atoms with Crippen LogP contribution in [0, 0.1) is 17.0 Å². The van der Waals surface area contributed by atoms with E-state index in [1.807, 2.05) is 19.1 Å². The SMILES string of the molecule is Cc1ccc(Br)cc1Nc1ncc(C(=O)O)cc1[N+](=O)[O-]. The van der Waals surface area contributed by atoms with E-state index in [1.54, 1.807) is 6.07 Å². The van der Waals surface area contributed by atoms with E-state index in [0.717, 1.165) is 22.3 Å². The van der Waals surface area contributed by atoms with Crippen LogP contribution < -0.4 is 5.32 Å². The molecule has 7 nitrogen and oxygen atoms in total. The van der Waals surface area contributed by atoms with E-state index in [-0.39, 0.29) is 11.4 Å². The number of benzene rings is 1. The van der Waals surface area contributed by atoms with Gasteiger partial charge in [-0.2, -0.15) is 0 Å². The van der Waals surface area contributed by atoms with Crippen molar-refractivity contribution in [3.05, 3.63) is 56.2 Å². The smallest absolute Gasteiger partial charge is 0.337 e. The van der Waals surface area contributed by atoms with Gasteiger partial charge in [-0.15, -0.1) is 0 Å². The van der Waals surface area contributed by atoms with Crippen molar-refractivity contribution < 1.29 is 14.8 Å². The van der Waals surface area contributed by atoms with Crippen LogP contribution in [0.15, 0.2) is 34.9 Å². The number of hydrogen-bond donors (Lipinski definition) is 2. The molecule has 0 aliphatic carbocycles. The van der Waals surface area contributed by atoms with E-state index in [2.05, 4.69) is 26.2 Å². The van der Waals surface area contributed by atoms with Gasteiger partial charge in [-0.1, -0.05) is 22.0 Å². The first-order chi connectivity index (χ1) is 9.88. The second kappa shape index (κ2) is 5.88. The quantitative estimate of drug-likeness (QED) is 0.644. The molecule has 0 amide bonds. The fraction of sp³-hybridized carbons (Fsp3) is 0.0769. The molecule has 0 atom stereocenters. The molecule has 8 heteroatoms. The van der Waals surface area contributed by atoms with Crippen LogP contribution >= 0.6 is 15.9 Å². The topological polar surface area (TPSA) is 105 Å². The van der Waals surface area contributed by atoms with E-state index in [4.69, 9.17) is 5.11 Å². The first kappa shape index (κ1) is 14.9. The summed E-state index contributed by atoms with van der Waals surface area (Å²) in [7, 11) is 0. The minimum Gasteiger partial charge on any atom is -0.478 e. The van der Waals surface area contributed by atoms with E-state index >= 15 is 0 Å². The van der Waals surface area contributed by atoms with Crippen molar-refractivity contribution in [2.45, 2.75) is 6.92 Å². The number of rotatable bonds is 4. The van der Waals surface area contributed by atoms with Gasteiger partial charge < -0.3 is 10.4 Å². The number of hydrogen-bond acceptors (Lipinski definition) is 5. The number of aromatic nitrogens is 1. The van der Waals surface area contributed by atoms with E-state index in [9.17, 15) is 14.9 Å². The number of aromatic carboxylic acids is 1. The molecule has 2 rings (SSSR count). The zero-order valence-corrected chi connectivity index (χ0v) is 12.4. The van der Waals surface area contributed by atoms with E-state index in [0.29, 0.717) is 5.69 Å². The monoisotopic (exact) mass is 351 g/mol. The minimum atomic E-state index is -1.27. The Morgan fingerprint density at radius 3 is 2.76 bits per heavy atom. The molecule has 1 aromatic heterocycles. The molecule has 0 radical (unpaired) electrons. The normalized spacial score (nSPS) is 10.2. The Morgan fingerprint density at radius 2 is 2.14 bits per heavy atom. The van der Waals surface area contributed by atoms with Crippen LogP contribution in [0.4, 0.5) is 17.2 Å². The Morgan fingerprint density at radius 1 is 1.43 bits per heavy atom. The zero-order chi connectivity index (χ0) is 15.6. The number of nitro groups is 1. The van der Waals surface area contributed by atoms with Gasteiger partial charge in [-0.05, 0) is 24.6 Å². The van der Waals surface area contributed by atoms with Crippen molar-refractivity contribution in [1.82, 2.24) is 4.98 Å². The van der Waals surface area contributed by atoms with Gasteiger partial charge in [0.15, 0.2) is 0 Å². The first-order valence-electron chi connectivity index (χ1n) is 5.79. The lowest BCUT2D eigenvalue weighted by molar-refractivity contribution is -0.384. The van der Waals surface area contributed by atoms with Crippen LogP contribution in [0.2, 0.25) is 0 Å². The van der Waals surface area contributed by atoms with Gasteiger partial charge in [0.2, 0.25) is 5.82 Å². The van der Waals surface area contributed by atoms with Crippen molar-refractivity contribution in [2.75, 3.05) is 5.32 Å². The predicted octanol–water partition coefficient (Wildman–Crippen LogP) is 3.50. The average molecular weight is 352 g/mol. The van der Waals surface area contributed by atoms with Gasteiger partial charge in [0.1, 0.15) is 0 Å². The fourth-order valence-corrected chi connectivity index (χ4v) is 2.02. The molecule has 2 N–H and O–H groups in total. The van der Waals surface area contributed by atoms with E-state index < -0.39 is 16.6 Å². The summed E-state index contributed by atoms with van der Waals surface area (Å²) >= 11 is 3.32. The molecule has 1 heterocycles. The van der Waals surface area contributed by atoms with Gasteiger partial charge in [0.05, 0.1) is 10.5 Å². The minimum absolute atomic E-state index is 0.00815. The maximum Gasteiger partial charge on any atom is 0.337 e. The van der Waals surface area contributed by atoms with Crippen molar-refractivity contribution in [3.8, 4) is 0 Å². The summed E-state index contributed by atoms with van der Waals surface area (Å²) in [5, 5.41) is 22.8. The highest BCUT2D eigenvalue weighted by Gasteiger charge is 2.19. The Hall–Kier alpha value is -2.48. The first-order valence-corrected chi connectivity index (χ1v) is 6.58. The van der Waals surface area contributed by atoms with Crippen molar-refractivity contribution in [1.29, 1.82) is 0 Å². The molecule has 1 aromatic carbocycles. The molecule has 2 aromatic rings. The van der Waals surface area contributed by atoms with Gasteiger partial charge in [0.25, 0.3) is 0 Å². The number of carboxylic acids is 1. The standard InChI is InChI=1S/C13H10BrN3O4/c1-7-2-3-9(14)5-10(7)16-12-11(17(20)21)4-8(6-15-12)13(18)19/h2-6H,1H3,(H,15,16)(H,18,19). The van der Waals surface area contributed by atoms with Gasteiger partial charge in [0, 0.05) is 22.4 Å². The van der Waals surface area contributed by atoms with E-state index in [1.165, 1.54) is 0 Å². The molecule has 108 valence electrons. The summed E-state index contributed by atoms with van der Waals surface area (Å²) in [6.45, 7) is 1.84. The lowest BCUT2D eigenvalue weighted by atomic mass is 10.2. The summed E-state index contributed by atoms with van der Waals surface area (Å²) in [4.78, 5) is 25.1. The van der Waals surface area contributed by atoms with Crippen LogP contribution in [0.3, 0.4) is 0 Å². The van der Waals surface area contributed by atoms with Gasteiger partial charge >= 0.3 is 11.7 Å². The Labute approximate surface area is 127 Å². The summed E-state index contributed by atoms with van der Waals surface area (Å²) in [6, 6.07) is 6.41. The molecule has 0 fully saturated rings. The molecule has 0 spiro atoms. The van der Waals surface area contributed by atoms with Crippen LogP contribution in [-0.2, 0) is 0 Å². The van der Waals surface area contributed by atoms with Gasteiger partial charge in [-0.25, -0.2) is 9.78 Å². The molecule has 0 bridgehead atoms. The highest BCUT2D eigenvalue weighted by Crippen LogP contribution is 2.29. The number of carboxylic acid groups (broad SMARTS) is 1. The number of halogens is 1. The van der Waals surface area contributed by atoms with Gasteiger partial charge in [-0.3, -0.25) is 10.1 Å². The molecule has 21 heavy (non-hydrogen) atoms.